The predicted molar refractivity (Wildman–Crippen MR) is 136 cm³/mol. The van der Waals surface area contributed by atoms with Crippen molar-refractivity contribution in [2.24, 2.45) is 47.3 Å². The van der Waals surface area contributed by atoms with Gasteiger partial charge in [-0.3, -0.25) is 19.2 Å². The van der Waals surface area contributed by atoms with Gasteiger partial charge in [-0.15, -0.1) is 0 Å². The van der Waals surface area contributed by atoms with E-state index in [1.807, 2.05) is 6.08 Å². The highest BCUT2D eigenvalue weighted by Crippen LogP contribution is 2.61. The van der Waals surface area contributed by atoms with Gasteiger partial charge in [0, 0.05) is 18.9 Å². The summed E-state index contributed by atoms with van der Waals surface area (Å²) >= 11 is 0. The molecule has 2 amide bonds. The highest BCUT2D eigenvalue weighted by atomic mass is 16.3. The molecule has 4 fully saturated rings. The zero-order valence-electron chi connectivity index (χ0n) is 21.6. The van der Waals surface area contributed by atoms with Crippen molar-refractivity contribution in [3.05, 3.63) is 35.6 Å². The number of carbonyl (C=O) groups excluding carboxylic acids is 4. The Morgan fingerprint density at radius 2 is 1.86 bits per heavy atom. The zero-order chi connectivity index (χ0) is 26.4. The number of ketones is 2. The van der Waals surface area contributed by atoms with Gasteiger partial charge in [-0.25, -0.2) is 0 Å². The number of aliphatic hydroxyl groups excluding tert-OH is 2. The van der Waals surface area contributed by atoms with Crippen LogP contribution in [0, 0.1) is 47.3 Å². The summed E-state index contributed by atoms with van der Waals surface area (Å²) < 4.78 is 0. The van der Waals surface area contributed by atoms with E-state index in [-0.39, 0.29) is 53.9 Å². The van der Waals surface area contributed by atoms with Gasteiger partial charge in [0.1, 0.15) is 23.2 Å². The van der Waals surface area contributed by atoms with Crippen LogP contribution in [0.3, 0.4) is 0 Å². The van der Waals surface area contributed by atoms with Crippen LogP contribution in [-0.4, -0.2) is 52.3 Å². The molecule has 200 valence electrons. The minimum absolute atomic E-state index is 0.0374. The van der Waals surface area contributed by atoms with Crippen LogP contribution < -0.4 is 10.6 Å². The predicted octanol–water partition coefficient (Wildman–Crippen LogP) is 2.39. The number of fused-ring (bicyclic) bond motifs is 7. The third kappa shape index (κ3) is 4.58. The lowest BCUT2D eigenvalue weighted by molar-refractivity contribution is -0.131. The molecule has 1 saturated heterocycles. The molecule has 0 aromatic heterocycles. The summed E-state index contributed by atoms with van der Waals surface area (Å²) in [5.41, 5.74) is -0.372. The molecule has 0 spiro atoms. The topological polar surface area (TPSA) is 133 Å². The lowest BCUT2D eigenvalue weighted by Crippen LogP contribution is -2.42. The van der Waals surface area contributed by atoms with Gasteiger partial charge in [-0.1, -0.05) is 32.4 Å². The number of rotatable bonds is 1. The molecule has 2 aliphatic heterocycles. The second kappa shape index (κ2) is 10.2. The number of carbonyl (C=O) groups is 4. The molecule has 4 N–H and O–H groups in total. The molecule has 5 aliphatic rings. The SMILES string of the molecule is CC[C@H]1C[C@@H]2C[C@@H]3[C@H]4C/C=C\C(=O)NCCC(O)C5NC(=O)C(=C(O)/C=C/[C@@H]4CC(=O)[C@H]3[C@@H]2[C@H]1C)C5=O. The summed E-state index contributed by atoms with van der Waals surface area (Å²) in [6, 6.07) is -1.17. The Bertz CT molecular complexity index is 1080. The third-order valence-corrected chi connectivity index (χ3v) is 9.99. The van der Waals surface area contributed by atoms with E-state index >= 15 is 0 Å². The molecule has 10 atom stereocenters. The maximum Gasteiger partial charge on any atom is 0.259 e. The van der Waals surface area contributed by atoms with Crippen molar-refractivity contribution in [1.82, 2.24) is 10.6 Å². The normalized spacial score (nSPS) is 44.1. The number of Topliss-reactive ketones (excluding diaryl/α,β-unsaturated/α-hetero) is 2. The van der Waals surface area contributed by atoms with Crippen molar-refractivity contribution in [3.8, 4) is 0 Å². The van der Waals surface area contributed by atoms with E-state index < -0.39 is 29.6 Å². The molecule has 8 nitrogen and oxygen atoms in total. The summed E-state index contributed by atoms with van der Waals surface area (Å²) in [4.78, 5) is 51.2. The van der Waals surface area contributed by atoms with Crippen LogP contribution in [0.1, 0.15) is 52.4 Å². The summed E-state index contributed by atoms with van der Waals surface area (Å²) in [5.74, 6) is 0.507. The summed E-state index contributed by atoms with van der Waals surface area (Å²) in [6.07, 6.45) is 9.70. The molecule has 0 aromatic rings. The molecule has 2 bridgehead atoms. The fraction of sp³-hybridized carbons (Fsp3) is 0.655. The maximum absolute atomic E-state index is 13.5. The lowest BCUT2D eigenvalue weighted by atomic mass is 9.63. The monoisotopic (exact) mass is 510 g/mol. The van der Waals surface area contributed by atoms with Gasteiger partial charge in [0.2, 0.25) is 5.91 Å². The molecule has 2 heterocycles. The molecule has 5 rings (SSSR count). The van der Waals surface area contributed by atoms with Gasteiger partial charge in [0.05, 0.1) is 6.10 Å². The van der Waals surface area contributed by atoms with Crippen LogP contribution in [0.25, 0.3) is 0 Å². The van der Waals surface area contributed by atoms with Gasteiger partial charge in [0.25, 0.3) is 5.91 Å². The van der Waals surface area contributed by atoms with Gasteiger partial charge in [-0.2, -0.15) is 0 Å². The fourth-order valence-electron chi connectivity index (χ4n) is 8.25. The number of nitrogens with one attached hydrogen (secondary N) is 2. The van der Waals surface area contributed by atoms with E-state index in [0.717, 1.165) is 12.8 Å². The third-order valence-electron chi connectivity index (χ3n) is 9.99. The Labute approximate surface area is 217 Å². The quantitative estimate of drug-likeness (QED) is 0.401. The average Bonchev–Trinajstić information content (AvgIpc) is 3.48. The van der Waals surface area contributed by atoms with Crippen molar-refractivity contribution in [2.45, 2.75) is 64.5 Å². The van der Waals surface area contributed by atoms with Crippen LogP contribution in [0.15, 0.2) is 35.6 Å². The van der Waals surface area contributed by atoms with Crippen LogP contribution >= 0.6 is 0 Å². The van der Waals surface area contributed by atoms with Crippen molar-refractivity contribution < 1.29 is 29.4 Å². The van der Waals surface area contributed by atoms with E-state index in [1.165, 1.54) is 18.6 Å². The van der Waals surface area contributed by atoms with Crippen molar-refractivity contribution in [1.29, 1.82) is 0 Å². The van der Waals surface area contributed by atoms with Crippen LogP contribution in [0.4, 0.5) is 0 Å². The second-order valence-corrected chi connectivity index (χ2v) is 11.7. The molecular formula is C29H38N2O6. The largest absolute Gasteiger partial charge is 0.507 e. The number of hydrogen-bond acceptors (Lipinski definition) is 6. The number of allylic oxidation sites excluding steroid dienone is 3. The van der Waals surface area contributed by atoms with Gasteiger partial charge >= 0.3 is 0 Å². The Balaban J connectivity index is 1.47. The maximum atomic E-state index is 13.5. The van der Waals surface area contributed by atoms with Gasteiger partial charge in [-0.05, 0) is 79.3 Å². The Hall–Kier alpha value is -2.74. The van der Waals surface area contributed by atoms with Crippen molar-refractivity contribution in [2.75, 3.05) is 6.54 Å². The zero-order valence-corrected chi connectivity index (χ0v) is 21.6. The average molecular weight is 511 g/mol. The number of amides is 2. The van der Waals surface area contributed by atoms with Crippen LogP contribution in [0.2, 0.25) is 0 Å². The molecule has 37 heavy (non-hydrogen) atoms. The highest BCUT2D eigenvalue weighted by Gasteiger charge is 2.58. The van der Waals surface area contributed by atoms with Crippen molar-refractivity contribution in [3.63, 3.8) is 0 Å². The van der Waals surface area contributed by atoms with E-state index in [2.05, 4.69) is 24.5 Å². The second-order valence-electron chi connectivity index (χ2n) is 11.7. The standard InChI is InChI=1S/C29H38N2O6/c1-3-15-11-17-12-19-18-5-4-6-23(35)30-10-9-21(33)27-28(36)26(29(37)31-27)20(32)8-7-16(18)13-22(34)25(19)24(17)14(15)2/h4,6-8,14-19,21,24-25,27,32-33H,3,5,9-13H2,1-2H3,(H,30,35)(H,31,37)/b6-4-,8-7+,26-20?/t14-,15-,16+,17+,18-,19+,21?,24+,25-,27?/m0/s1. The van der Waals surface area contributed by atoms with Crippen molar-refractivity contribution >= 4 is 23.4 Å². The molecule has 0 aromatic carbocycles. The first-order valence-electron chi connectivity index (χ1n) is 13.8. The molecule has 0 radical (unpaired) electrons. The number of aliphatic hydroxyl groups is 2. The summed E-state index contributed by atoms with van der Waals surface area (Å²) in [6.45, 7) is 4.68. The lowest BCUT2D eigenvalue weighted by Gasteiger charge is -2.40. The van der Waals surface area contributed by atoms with Crippen LogP contribution in [-0.2, 0) is 19.2 Å². The minimum Gasteiger partial charge on any atom is -0.507 e. The van der Waals surface area contributed by atoms with E-state index in [0.29, 0.717) is 36.5 Å². The van der Waals surface area contributed by atoms with Crippen LogP contribution in [0.5, 0.6) is 0 Å². The van der Waals surface area contributed by atoms with Gasteiger partial charge < -0.3 is 20.8 Å². The van der Waals surface area contributed by atoms with E-state index in [9.17, 15) is 29.4 Å². The summed E-state index contributed by atoms with van der Waals surface area (Å²) in [7, 11) is 0. The molecule has 8 heteroatoms. The number of hydrogen-bond donors (Lipinski definition) is 4. The van der Waals surface area contributed by atoms with Gasteiger partial charge in [0.15, 0.2) is 5.78 Å². The first-order valence-corrected chi connectivity index (χ1v) is 13.8. The van der Waals surface area contributed by atoms with E-state index in [1.54, 1.807) is 6.08 Å². The molecule has 3 aliphatic carbocycles. The smallest absolute Gasteiger partial charge is 0.259 e. The highest BCUT2D eigenvalue weighted by molar-refractivity contribution is 6.27. The fourth-order valence-corrected chi connectivity index (χ4v) is 8.25. The molecule has 2 unspecified atom stereocenters. The Morgan fingerprint density at radius 1 is 1.08 bits per heavy atom. The first kappa shape index (κ1) is 25.9. The Kier molecular flexibility index (Phi) is 7.14. The summed E-state index contributed by atoms with van der Waals surface area (Å²) in [5, 5.41) is 26.3. The first-order chi connectivity index (χ1) is 17.7. The Morgan fingerprint density at radius 3 is 2.62 bits per heavy atom. The van der Waals surface area contributed by atoms with E-state index in [4.69, 9.17) is 0 Å². The minimum atomic E-state index is -1.20. The molecular weight excluding hydrogens is 472 g/mol. The molecule has 3 saturated carbocycles.